The first-order chi connectivity index (χ1) is 8.04. The van der Waals surface area contributed by atoms with E-state index in [4.69, 9.17) is 9.94 Å². The van der Waals surface area contributed by atoms with E-state index in [1.54, 1.807) is 18.2 Å². The van der Waals surface area contributed by atoms with E-state index in [0.717, 1.165) is 5.56 Å². The molecule has 0 amide bonds. The van der Waals surface area contributed by atoms with E-state index in [2.05, 4.69) is 0 Å². The van der Waals surface area contributed by atoms with Gasteiger partial charge in [0.2, 0.25) is 5.43 Å². The molecule has 0 unspecified atom stereocenters. The number of carboxylic acids is 1. The summed E-state index contributed by atoms with van der Waals surface area (Å²) in [5.74, 6) is -1.26. The SMILES string of the molecule is COn1cc(C(=O)O)c(=O)c2ccc(C)cc21. The molecular formula is C12H11NO4. The lowest BCUT2D eigenvalue weighted by atomic mass is 10.1. The second kappa shape index (κ2) is 3.93. The van der Waals surface area contributed by atoms with Gasteiger partial charge >= 0.3 is 5.97 Å². The van der Waals surface area contributed by atoms with Crippen LogP contribution in [-0.4, -0.2) is 22.9 Å². The van der Waals surface area contributed by atoms with E-state index in [-0.39, 0.29) is 5.56 Å². The molecule has 0 atom stereocenters. The van der Waals surface area contributed by atoms with E-state index < -0.39 is 11.4 Å². The predicted molar refractivity (Wildman–Crippen MR) is 62.4 cm³/mol. The minimum absolute atomic E-state index is 0.303. The Balaban J connectivity index is 2.95. The summed E-state index contributed by atoms with van der Waals surface area (Å²) < 4.78 is 1.28. The topological polar surface area (TPSA) is 68.5 Å². The highest BCUT2D eigenvalue weighted by Crippen LogP contribution is 2.13. The maximum atomic E-state index is 11.9. The van der Waals surface area contributed by atoms with Crippen LogP contribution < -0.4 is 10.3 Å². The minimum Gasteiger partial charge on any atom is -0.477 e. The van der Waals surface area contributed by atoms with Gasteiger partial charge in [0.1, 0.15) is 12.7 Å². The highest BCUT2D eigenvalue weighted by molar-refractivity contribution is 5.92. The Bertz CT molecular complexity index is 657. The quantitative estimate of drug-likeness (QED) is 0.842. The Kier molecular flexibility index (Phi) is 2.59. The maximum absolute atomic E-state index is 11.9. The highest BCUT2D eigenvalue weighted by Gasteiger charge is 2.14. The average molecular weight is 233 g/mol. The van der Waals surface area contributed by atoms with E-state index in [0.29, 0.717) is 10.9 Å². The number of carbonyl (C=O) groups is 1. The lowest BCUT2D eigenvalue weighted by Gasteiger charge is -2.10. The van der Waals surface area contributed by atoms with Crippen LogP contribution in [0.3, 0.4) is 0 Å². The molecule has 1 heterocycles. The molecule has 0 aliphatic heterocycles. The number of pyridine rings is 1. The third-order valence-corrected chi connectivity index (χ3v) is 2.55. The van der Waals surface area contributed by atoms with Crippen LogP contribution in [0.4, 0.5) is 0 Å². The first kappa shape index (κ1) is 11.2. The van der Waals surface area contributed by atoms with E-state index in [9.17, 15) is 9.59 Å². The average Bonchev–Trinajstić information content (AvgIpc) is 2.29. The molecule has 1 aromatic carbocycles. The largest absolute Gasteiger partial charge is 0.477 e. The molecule has 2 aromatic rings. The standard InChI is InChI=1S/C12H11NO4/c1-7-3-4-8-10(5-7)13(17-2)6-9(11(8)14)12(15)16/h3-6H,1-2H3,(H,15,16). The predicted octanol–water partition coefficient (Wildman–Crippen LogP) is 1.07. The zero-order valence-electron chi connectivity index (χ0n) is 9.43. The van der Waals surface area contributed by atoms with Crippen molar-refractivity contribution in [1.82, 2.24) is 4.73 Å². The molecule has 0 spiro atoms. The molecule has 0 saturated carbocycles. The number of aryl methyl sites for hydroxylation is 1. The Morgan fingerprint density at radius 2 is 2.12 bits per heavy atom. The van der Waals surface area contributed by atoms with Gasteiger partial charge in [0.15, 0.2) is 0 Å². The van der Waals surface area contributed by atoms with Gasteiger partial charge in [0.25, 0.3) is 0 Å². The third kappa shape index (κ3) is 1.75. The second-order valence-corrected chi connectivity index (χ2v) is 3.71. The molecule has 88 valence electrons. The maximum Gasteiger partial charge on any atom is 0.341 e. The molecule has 0 radical (unpaired) electrons. The number of aromatic carboxylic acids is 1. The number of rotatable bonds is 2. The number of hydrogen-bond acceptors (Lipinski definition) is 3. The van der Waals surface area contributed by atoms with Gasteiger partial charge in [-0.15, -0.1) is 0 Å². The van der Waals surface area contributed by atoms with Crippen molar-refractivity contribution in [3.05, 3.63) is 45.7 Å². The van der Waals surface area contributed by atoms with E-state index in [1.165, 1.54) is 18.0 Å². The van der Waals surface area contributed by atoms with Crippen LogP contribution >= 0.6 is 0 Å². The monoisotopic (exact) mass is 233 g/mol. The van der Waals surface area contributed by atoms with E-state index in [1.807, 2.05) is 6.92 Å². The van der Waals surface area contributed by atoms with Gasteiger partial charge in [-0.05, 0) is 24.6 Å². The molecule has 17 heavy (non-hydrogen) atoms. The molecule has 0 fully saturated rings. The van der Waals surface area contributed by atoms with Gasteiger partial charge in [-0.25, -0.2) is 4.79 Å². The summed E-state index contributed by atoms with van der Waals surface area (Å²) in [6.45, 7) is 1.88. The smallest absolute Gasteiger partial charge is 0.341 e. The number of nitrogens with zero attached hydrogens (tertiary/aromatic N) is 1. The molecule has 1 N–H and O–H groups in total. The van der Waals surface area contributed by atoms with Crippen molar-refractivity contribution in [3.63, 3.8) is 0 Å². The molecule has 0 aliphatic carbocycles. The van der Waals surface area contributed by atoms with E-state index >= 15 is 0 Å². The third-order valence-electron chi connectivity index (χ3n) is 2.55. The summed E-state index contributed by atoms with van der Waals surface area (Å²) in [6.07, 6.45) is 1.19. The van der Waals surface area contributed by atoms with Crippen LogP contribution in [0.15, 0.2) is 29.2 Å². The van der Waals surface area contributed by atoms with Gasteiger partial charge in [-0.3, -0.25) is 4.79 Å². The van der Waals surface area contributed by atoms with Crippen molar-refractivity contribution in [2.45, 2.75) is 6.92 Å². The van der Waals surface area contributed by atoms with Crippen molar-refractivity contribution in [2.75, 3.05) is 7.11 Å². The van der Waals surface area contributed by atoms with Crippen molar-refractivity contribution in [2.24, 2.45) is 0 Å². The van der Waals surface area contributed by atoms with Gasteiger partial charge in [0, 0.05) is 0 Å². The lowest BCUT2D eigenvalue weighted by Crippen LogP contribution is -2.21. The van der Waals surface area contributed by atoms with Crippen LogP contribution in [0.1, 0.15) is 15.9 Å². The molecule has 0 saturated heterocycles. The Morgan fingerprint density at radius 1 is 1.41 bits per heavy atom. The summed E-state index contributed by atoms with van der Waals surface area (Å²) >= 11 is 0. The first-order valence-electron chi connectivity index (χ1n) is 4.98. The number of benzene rings is 1. The molecular weight excluding hydrogens is 222 g/mol. The molecule has 5 heteroatoms. The zero-order valence-corrected chi connectivity index (χ0v) is 9.43. The number of hydrogen-bond donors (Lipinski definition) is 1. The molecule has 0 aliphatic rings. The van der Waals surface area contributed by atoms with Gasteiger partial charge in [-0.1, -0.05) is 6.07 Å². The Morgan fingerprint density at radius 3 is 2.71 bits per heavy atom. The van der Waals surface area contributed by atoms with Crippen molar-refractivity contribution >= 4 is 16.9 Å². The molecule has 5 nitrogen and oxygen atoms in total. The summed E-state index contributed by atoms with van der Waals surface area (Å²) in [5, 5.41) is 9.26. The van der Waals surface area contributed by atoms with Gasteiger partial charge in [-0.2, -0.15) is 4.73 Å². The van der Waals surface area contributed by atoms with Crippen LogP contribution in [-0.2, 0) is 0 Å². The van der Waals surface area contributed by atoms with Crippen molar-refractivity contribution in [1.29, 1.82) is 0 Å². The second-order valence-electron chi connectivity index (χ2n) is 3.71. The zero-order chi connectivity index (χ0) is 12.6. The first-order valence-corrected chi connectivity index (χ1v) is 4.98. The normalized spacial score (nSPS) is 10.5. The fourth-order valence-corrected chi connectivity index (χ4v) is 1.71. The number of fused-ring (bicyclic) bond motifs is 1. The van der Waals surface area contributed by atoms with Gasteiger partial charge in [0.05, 0.1) is 17.1 Å². The summed E-state index contributed by atoms with van der Waals surface area (Å²) in [6, 6.07) is 5.14. The Hall–Kier alpha value is -2.30. The van der Waals surface area contributed by atoms with Crippen LogP contribution in [0.25, 0.3) is 10.9 Å². The molecule has 1 aromatic heterocycles. The molecule has 0 bridgehead atoms. The number of carboxylic acid groups (broad SMARTS) is 1. The fraction of sp³-hybridized carbons (Fsp3) is 0.167. The number of aromatic nitrogens is 1. The summed E-state index contributed by atoms with van der Waals surface area (Å²) in [5.41, 5.74) is 0.720. The van der Waals surface area contributed by atoms with Crippen molar-refractivity contribution < 1.29 is 14.7 Å². The van der Waals surface area contributed by atoms with Crippen LogP contribution in [0.2, 0.25) is 0 Å². The van der Waals surface area contributed by atoms with Crippen LogP contribution in [0.5, 0.6) is 0 Å². The van der Waals surface area contributed by atoms with Gasteiger partial charge < -0.3 is 9.94 Å². The fourth-order valence-electron chi connectivity index (χ4n) is 1.71. The van der Waals surface area contributed by atoms with Crippen LogP contribution in [0, 0.1) is 6.92 Å². The Labute approximate surface area is 96.8 Å². The highest BCUT2D eigenvalue weighted by atomic mass is 16.6. The van der Waals surface area contributed by atoms with Crippen molar-refractivity contribution in [3.8, 4) is 0 Å². The summed E-state index contributed by atoms with van der Waals surface area (Å²) in [4.78, 5) is 27.9. The minimum atomic E-state index is -1.26. The lowest BCUT2D eigenvalue weighted by molar-refractivity contribution is 0.0691. The molecule has 2 rings (SSSR count). The summed E-state index contributed by atoms with van der Waals surface area (Å²) in [7, 11) is 1.41.